The van der Waals surface area contributed by atoms with Crippen molar-refractivity contribution < 1.29 is 31.1 Å². The number of carbonyl (C=O) groups excluding carboxylic acids is 1. The molecular weight excluding hydrogens is 330 g/mol. The summed E-state index contributed by atoms with van der Waals surface area (Å²) in [7, 11) is 1.47. The molecule has 124 valence electrons. The summed E-state index contributed by atoms with van der Waals surface area (Å²) in [5, 5.41) is 5.67. The van der Waals surface area contributed by atoms with Crippen molar-refractivity contribution in [2.24, 2.45) is 7.05 Å². The largest absolute Gasteiger partial charge is 0.416 e. The maximum absolute atomic E-state index is 12.7. The number of benzene rings is 1. The number of alkyl halides is 6. The van der Waals surface area contributed by atoms with Crippen molar-refractivity contribution in [2.45, 2.75) is 12.4 Å². The molecule has 5 nitrogen and oxygen atoms in total. The summed E-state index contributed by atoms with van der Waals surface area (Å²) in [5.41, 5.74) is -3.96. The quantitative estimate of drug-likeness (QED) is 0.856. The molecule has 1 N–H and O–H groups in total. The molecule has 1 aromatic carbocycles. The van der Waals surface area contributed by atoms with E-state index < -0.39 is 35.0 Å². The van der Waals surface area contributed by atoms with Gasteiger partial charge in [-0.05, 0) is 18.2 Å². The summed E-state index contributed by atoms with van der Waals surface area (Å²) in [6, 6.07) is 0.594. The third-order valence-corrected chi connectivity index (χ3v) is 2.67. The van der Waals surface area contributed by atoms with Gasteiger partial charge in [-0.25, -0.2) is 4.98 Å². The van der Waals surface area contributed by atoms with Crippen molar-refractivity contribution in [3.05, 3.63) is 41.2 Å². The Hall–Kier alpha value is -2.59. The summed E-state index contributed by atoms with van der Waals surface area (Å²) in [5.74, 6) is -1.43. The fraction of sp³-hybridized carbons (Fsp3) is 0.250. The molecule has 0 aliphatic rings. The second-order valence-electron chi connectivity index (χ2n) is 4.49. The van der Waals surface area contributed by atoms with Gasteiger partial charge < -0.3 is 0 Å². The number of hydrogen-bond donors (Lipinski definition) is 1. The van der Waals surface area contributed by atoms with Gasteiger partial charge >= 0.3 is 12.4 Å². The highest BCUT2D eigenvalue weighted by Gasteiger charge is 2.37. The first-order valence-corrected chi connectivity index (χ1v) is 5.93. The lowest BCUT2D eigenvalue weighted by Crippen LogP contribution is -2.17. The van der Waals surface area contributed by atoms with E-state index in [1.54, 1.807) is 0 Å². The van der Waals surface area contributed by atoms with Crippen LogP contribution in [0, 0.1) is 0 Å². The lowest BCUT2D eigenvalue weighted by molar-refractivity contribution is -0.143. The number of carbonyl (C=O) groups is 1. The highest BCUT2D eigenvalue weighted by atomic mass is 19.4. The molecule has 2 rings (SSSR count). The molecule has 0 aliphatic heterocycles. The molecule has 2 aromatic rings. The summed E-state index contributed by atoms with van der Waals surface area (Å²) in [6.45, 7) is 0. The third kappa shape index (κ3) is 3.99. The van der Waals surface area contributed by atoms with Crippen molar-refractivity contribution in [1.82, 2.24) is 14.8 Å². The molecule has 0 fully saturated rings. The highest BCUT2D eigenvalue weighted by molar-refractivity contribution is 6.03. The van der Waals surface area contributed by atoms with Gasteiger partial charge in [-0.3, -0.25) is 14.8 Å². The molecule has 0 bridgehead atoms. The van der Waals surface area contributed by atoms with Gasteiger partial charge in [-0.1, -0.05) is 0 Å². The fourth-order valence-electron chi connectivity index (χ4n) is 1.66. The zero-order chi connectivity index (χ0) is 17.4. The van der Waals surface area contributed by atoms with Gasteiger partial charge in [-0.2, -0.15) is 26.3 Å². The smallest absolute Gasteiger partial charge is 0.289 e. The van der Waals surface area contributed by atoms with Crippen LogP contribution in [-0.4, -0.2) is 20.7 Å². The van der Waals surface area contributed by atoms with Crippen molar-refractivity contribution >= 4 is 11.9 Å². The first-order chi connectivity index (χ1) is 10.5. The molecule has 0 aliphatic carbocycles. The summed E-state index contributed by atoms with van der Waals surface area (Å²) >= 11 is 0. The standard InChI is InChI=1S/C12H8F6N4O/c1-22-5-19-10(21-22)20-9(23)6-2-7(11(13,14)15)4-8(3-6)12(16,17)18/h2-5H,1H3,(H,20,21,23). The first-order valence-electron chi connectivity index (χ1n) is 5.93. The molecule has 0 radical (unpaired) electrons. The Morgan fingerprint density at radius 1 is 1.04 bits per heavy atom. The number of rotatable bonds is 2. The summed E-state index contributed by atoms with van der Waals surface area (Å²) < 4.78 is 77.4. The van der Waals surface area contributed by atoms with Crippen LogP contribution >= 0.6 is 0 Å². The molecule has 1 amide bonds. The Bertz CT molecular complexity index is 702. The van der Waals surface area contributed by atoms with Crippen molar-refractivity contribution in [1.29, 1.82) is 0 Å². The summed E-state index contributed by atoms with van der Waals surface area (Å²) in [6.07, 6.45) is -8.86. The normalized spacial score (nSPS) is 12.3. The van der Waals surface area contributed by atoms with Gasteiger partial charge in [0.05, 0.1) is 11.1 Å². The summed E-state index contributed by atoms with van der Waals surface area (Å²) in [4.78, 5) is 15.4. The number of nitrogens with zero attached hydrogens (tertiary/aromatic N) is 3. The molecule has 1 heterocycles. The van der Waals surface area contributed by atoms with Crippen LogP contribution in [0.1, 0.15) is 21.5 Å². The topological polar surface area (TPSA) is 59.8 Å². The molecule has 0 saturated carbocycles. The van der Waals surface area contributed by atoms with Gasteiger partial charge in [0.2, 0.25) is 5.95 Å². The molecule has 0 atom stereocenters. The van der Waals surface area contributed by atoms with Crippen LogP contribution in [0.5, 0.6) is 0 Å². The number of nitrogens with one attached hydrogen (secondary N) is 1. The number of amides is 1. The maximum atomic E-state index is 12.7. The lowest BCUT2D eigenvalue weighted by Gasteiger charge is -2.13. The van der Waals surface area contributed by atoms with E-state index in [4.69, 9.17) is 0 Å². The zero-order valence-electron chi connectivity index (χ0n) is 11.3. The second-order valence-corrected chi connectivity index (χ2v) is 4.49. The predicted octanol–water partition coefficient (Wildman–Crippen LogP) is 3.11. The van der Waals surface area contributed by atoms with Gasteiger partial charge in [0.25, 0.3) is 5.91 Å². The minimum Gasteiger partial charge on any atom is -0.289 e. The Balaban J connectivity index is 2.42. The highest BCUT2D eigenvalue weighted by Crippen LogP contribution is 2.36. The van der Waals surface area contributed by atoms with Crippen LogP contribution in [0.15, 0.2) is 24.5 Å². The van der Waals surface area contributed by atoms with Crippen molar-refractivity contribution in [3.63, 3.8) is 0 Å². The Kier molecular flexibility index (Phi) is 4.05. The number of hydrogen-bond acceptors (Lipinski definition) is 3. The van der Waals surface area contributed by atoms with Crippen LogP contribution in [-0.2, 0) is 19.4 Å². The van der Waals surface area contributed by atoms with E-state index in [9.17, 15) is 31.1 Å². The average Bonchev–Trinajstić information content (AvgIpc) is 2.81. The van der Waals surface area contributed by atoms with Crippen LogP contribution < -0.4 is 5.32 Å². The predicted molar refractivity (Wildman–Crippen MR) is 65.4 cm³/mol. The lowest BCUT2D eigenvalue weighted by atomic mass is 10.0. The van der Waals surface area contributed by atoms with E-state index in [1.807, 2.05) is 5.32 Å². The van der Waals surface area contributed by atoms with Gasteiger partial charge in [-0.15, -0.1) is 5.10 Å². The zero-order valence-corrected chi connectivity index (χ0v) is 11.3. The average molecular weight is 338 g/mol. The van der Waals surface area contributed by atoms with Crippen LogP contribution in [0.2, 0.25) is 0 Å². The molecular formula is C12H8F6N4O. The third-order valence-electron chi connectivity index (χ3n) is 2.67. The first kappa shape index (κ1) is 16.8. The van der Waals surface area contributed by atoms with E-state index in [1.165, 1.54) is 18.1 Å². The maximum Gasteiger partial charge on any atom is 0.416 e. The molecule has 23 heavy (non-hydrogen) atoms. The molecule has 0 spiro atoms. The van der Waals surface area contributed by atoms with Crippen LogP contribution in [0.4, 0.5) is 32.3 Å². The van der Waals surface area contributed by atoms with E-state index >= 15 is 0 Å². The molecule has 11 heteroatoms. The fourth-order valence-corrected chi connectivity index (χ4v) is 1.66. The SMILES string of the molecule is Cn1cnc(NC(=O)c2cc(C(F)(F)F)cc(C(F)(F)F)c2)n1. The second kappa shape index (κ2) is 5.56. The number of aromatic nitrogens is 3. The molecule has 0 saturated heterocycles. The van der Waals surface area contributed by atoms with E-state index in [0.29, 0.717) is 12.1 Å². The molecule has 0 unspecified atom stereocenters. The number of halogens is 6. The Morgan fingerprint density at radius 3 is 1.96 bits per heavy atom. The van der Waals surface area contributed by atoms with Gasteiger partial charge in [0, 0.05) is 12.6 Å². The number of aryl methyl sites for hydroxylation is 1. The van der Waals surface area contributed by atoms with Crippen LogP contribution in [0.3, 0.4) is 0 Å². The Morgan fingerprint density at radius 2 is 1.57 bits per heavy atom. The number of anilines is 1. The van der Waals surface area contributed by atoms with Gasteiger partial charge in [0.15, 0.2) is 0 Å². The van der Waals surface area contributed by atoms with E-state index in [0.717, 1.165) is 0 Å². The van der Waals surface area contributed by atoms with Crippen LogP contribution in [0.25, 0.3) is 0 Å². The van der Waals surface area contributed by atoms with Crippen molar-refractivity contribution in [2.75, 3.05) is 5.32 Å². The monoisotopic (exact) mass is 338 g/mol. The Labute approximate surface area is 124 Å². The van der Waals surface area contributed by atoms with Gasteiger partial charge in [0.1, 0.15) is 6.33 Å². The molecule has 1 aromatic heterocycles. The minimum absolute atomic E-state index is 0.0597. The van der Waals surface area contributed by atoms with Crippen molar-refractivity contribution in [3.8, 4) is 0 Å². The minimum atomic E-state index is -5.03. The van der Waals surface area contributed by atoms with E-state index in [-0.39, 0.29) is 12.0 Å². The van der Waals surface area contributed by atoms with E-state index in [2.05, 4.69) is 10.1 Å².